The van der Waals surface area contributed by atoms with Gasteiger partial charge in [0, 0.05) is 10.7 Å². The molecule has 2 rings (SSSR count). The fourth-order valence-electron chi connectivity index (χ4n) is 2.65. The van der Waals surface area contributed by atoms with Crippen LogP contribution in [0.2, 0.25) is 0 Å². The van der Waals surface area contributed by atoms with E-state index in [1.807, 2.05) is 19.1 Å². The maximum Gasteiger partial charge on any atom is 0.318 e. The maximum absolute atomic E-state index is 12.3. The van der Waals surface area contributed by atoms with Crippen molar-refractivity contribution in [3.63, 3.8) is 0 Å². The number of rotatable bonds is 3. The number of carbonyl (C=O) groups is 1. The average Bonchev–Trinajstić information content (AvgIpc) is 2.40. The van der Waals surface area contributed by atoms with Gasteiger partial charge in [0.2, 0.25) is 0 Å². The van der Waals surface area contributed by atoms with Gasteiger partial charge in [-0.3, -0.25) is 9.78 Å². The predicted molar refractivity (Wildman–Crippen MR) is 73.3 cm³/mol. The quantitative estimate of drug-likeness (QED) is 0.800. The molecule has 0 saturated heterocycles. The lowest BCUT2D eigenvalue weighted by Crippen LogP contribution is -2.40. The molecule has 1 fully saturated rings. The number of carbonyl (C=O) groups excluding carboxylic acids is 1. The van der Waals surface area contributed by atoms with E-state index in [0.717, 1.165) is 35.8 Å². The molecule has 1 aromatic rings. The summed E-state index contributed by atoms with van der Waals surface area (Å²) in [6.45, 7) is 2.28. The summed E-state index contributed by atoms with van der Waals surface area (Å²) in [4.78, 5) is 16.8. The van der Waals surface area contributed by atoms with Gasteiger partial charge in [0.15, 0.2) is 0 Å². The van der Waals surface area contributed by atoms with E-state index < -0.39 is 5.41 Å². The summed E-state index contributed by atoms with van der Waals surface area (Å²) in [5.41, 5.74) is 0.332. The van der Waals surface area contributed by atoms with Crippen LogP contribution in [-0.4, -0.2) is 17.6 Å². The van der Waals surface area contributed by atoms with Crippen molar-refractivity contribution >= 4 is 21.9 Å². The number of aromatic nitrogens is 1. The highest BCUT2D eigenvalue weighted by Crippen LogP contribution is 2.39. The van der Waals surface area contributed by atoms with E-state index in [1.165, 1.54) is 6.42 Å². The molecule has 0 amide bonds. The van der Waals surface area contributed by atoms with Crippen LogP contribution in [0, 0.1) is 0 Å². The molecule has 1 aliphatic rings. The molecule has 0 aromatic carbocycles. The summed E-state index contributed by atoms with van der Waals surface area (Å²) in [7, 11) is 0. The second kappa shape index (κ2) is 5.83. The third-order valence-electron chi connectivity index (χ3n) is 3.59. The van der Waals surface area contributed by atoms with Gasteiger partial charge in [-0.2, -0.15) is 0 Å². The molecule has 1 aliphatic carbocycles. The first-order valence-corrected chi connectivity index (χ1v) is 7.27. The number of hydrogen-bond donors (Lipinski definition) is 0. The van der Waals surface area contributed by atoms with Gasteiger partial charge < -0.3 is 4.74 Å². The summed E-state index contributed by atoms with van der Waals surface area (Å²) in [6, 6.07) is 3.88. The molecule has 0 atom stereocenters. The summed E-state index contributed by atoms with van der Waals surface area (Å²) < 4.78 is 6.21. The highest BCUT2D eigenvalue weighted by molar-refractivity contribution is 9.10. The minimum atomic E-state index is -0.519. The van der Waals surface area contributed by atoms with Crippen LogP contribution in [-0.2, 0) is 14.9 Å². The van der Waals surface area contributed by atoms with Gasteiger partial charge in [-0.15, -0.1) is 0 Å². The molecule has 1 aromatic heterocycles. The molecule has 3 nitrogen and oxygen atoms in total. The van der Waals surface area contributed by atoms with Crippen LogP contribution >= 0.6 is 15.9 Å². The zero-order valence-corrected chi connectivity index (χ0v) is 12.2. The Labute approximate surface area is 116 Å². The smallest absolute Gasteiger partial charge is 0.318 e. The fourth-order valence-corrected chi connectivity index (χ4v) is 2.88. The van der Waals surface area contributed by atoms with Gasteiger partial charge in [-0.05, 0) is 47.8 Å². The Balaban J connectivity index is 2.34. The molecule has 0 N–H and O–H groups in total. The molecule has 0 unspecified atom stereocenters. The van der Waals surface area contributed by atoms with Crippen molar-refractivity contribution in [2.45, 2.75) is 44.4 Å². The van der Waals surface area contributed by atoms with Gasteiger partial charge in [0.25, 0.3) is 0 Å². The second-order valence-corrected chi connectivity index (χ2v) is 5.64. The van der Waals surface area contributed by atoms with Crippen LogP contribution in [0.4, 0.5) is 0 Å². The third kappa shape index (κ3) is 2.58. The number of hydrogen-bond acceptors (Lipinski definition) is 3. The Hall–Kier alpha value is -0.900. The van der Waals surface area contributed by atoms with Crippen LogP contribution in [0.25, 0.3) is 0 Å². The fraction of sp³-hybridized carbons (Fsp3) is 0.571. The Kier molecular flexibility index (Phi) is 4.38. The van der Waals surface area contributed by atoms with Crippen molar-refractivity contribution in [3.05, 3.63) is 28.5 Å². The normalized spacial score (nSPS) is 18.3. The summed E-state index contributed by atoms with van der Waals surface area (Å²) in [5, 5.41) is 0. The van der Waals surface area contributed by atoms with E-state index in [1.54, 1.807) is 6.20 Å². The third-order valence-corrected chi connectivity index (χ3v) is 4.06. The molecule has 0 radical (unpaired) electrons. The minimum Gasteiger partial charge on any atom is -0.465 e. The standard InChI is InChI=1S/C14H18BrNO2/c1-2-18-13(17)14(8-4-3-5-9-14)12-7-6-11(15)10-16-12/h6-7,10H,2-5,8-9H2,1H3. The highest BCUT2D eigenvalue weighted by atomic mass is 79.9. The zero-order valence-electron chi connectivity index (χ0n) is 10.6. The topological polar surface area (TPSA) is 39.2 Å². The van der Waals surface area contributed by atoms with E-state index in [4.69, 9.17) is 4.74 Å². The molecule has 0 spiro atoms. The summed E-state index contributed by atoms with van der Waals surface area (Å²) in [6.07, 6.45) is 6.77. The van der Waals surface area contributed by atoms with Gasteiger partial charge in [0.1, 0.15) is 5.41 Å². The number of ether oxygens (including phenoxy) is 1. The van der Waals surface area contributed by atoms with Gasteiger partial charge >= 0.3 is 5.97 Å². The van der Waals surface area contributed by atoms with Crippen molar-refractivity contribution in [2.24, 2.45) is 0 Å². The lowest BCUT2D eigenvalue weighted by molar-refractivity contribution is -0.151. The summed E-state index contributed by atoms with van der Waals surface area (Å²) in [5.74, 6) is -0.112. The van der Waals surface area contributed by atoms with Crippen LogP contribution in [0.1, 0.15) is 44.7 Å². The molecule has 1 saturated carbocycles. The molecule has 4 heteroatoms. The molecular weight excluding hydrogens is 294 g/mol. The first-order valence-electron chi connectivity index (χ1n) is 6.48. The second-order valence-electron chi connectivity index (χ2n) is 4.72. The highest BCUT2D eigenvalue weighted by Gasteiger charge is 2.43. The number of pyridine rings is 1. The average molecular weight is 312 g/mol. The lowest BCUT2D eigenvalue weighted by atomic mass is 9.71. The summed E-state index contributed by atoms with van der Waals surface area (Å²) >= 11 is 3.38. The van der Waals surface area contributed by atoms with Crippen molar-refractivity contribution in [1.82, 2.24) is 4.98 Å². The van der Waals surface area contributed by atoms with Crippen molar-refractivity contribution in [1.29, 1.82) is 0 Å². The Morgan fingerprint density at radius 2 is 2.11 bits per heavy atom. The Morgan fingerprint density at radius 3 is 2.67 bits per heavy atom. The van der Waals surface area contributed by atoms with Crippen molar-refractivity contribution in [3.8, 4) is 0 Å². The molecule has 1 heterocycles. The Bertz CT molecular complexity index is 410. The Morgan fingerprint density at radius 1 is 1.39 bits per heavy atom. The minimum absolute atomic E-state index is 0.112. The van der Waals surface area contributed by atoms with Gasteiger partial charge in [-0.25, -0.2) is 0 Å². The molecule has 98 valence electrons. The SMILES string of the molecule is CCOC(=O)C1(c2ccc(Br)cn2)CCCCC1. The van der Waals surface area contributed by atoms with Crippen molar-refractivity contribution < 1.29 is 9.53 Å². The zero-order chi connectivity index (χ0) is 13.0. The van der Waals surface area contributed by atoms with Crippen LogP contribution in [0.3, 0.4) is 0 Å². The van der Waals surface area contributed by atoms with E-state index in [9.17, 15) is 4.79 Å². The van der Waals surface area contributed by atoms with Crippen LogP contribution in [0.5, 0.6) is 0 Å². The van der Waals surface area contributed by atoms with E-state index in [-0.39, 0.29) is 5.97 Å². The lowest BCUT2D eigenvalue weighted by Gasteiger charge is -2.34. The van der Waals surface area contributed by atoms with Crippen LogP contribution < -0.4 is 0 Å². The maximum atomic E-state index is 12.3. The molecule has 18 heavy (non-hydrogen) atoms. The van der Waals surface area contributed by atoms with E-state index in [0.29, 0.717) is 6.61 Å². The first kappa shape index (κ1) is 13.5. The van der Waals surface area contributed by atoms with Crippen LogP contribution in [0.15, 0.2) is 22.8 Å². The number of esters is 1. The largest absolute Gasteiger partial charge is 0.465 e. The first-order chi connectivity index (χ1) is 8.69. The number of halogens is 1. The van der Waals surface area contributed by atoms with Gasteiger partial charge in [-0.1, -0.05) is 19.3 Å². The number of nitrogens with zero attached hydrogens (tertiary/aromatic N) is 1. The van der Waals surface area contributed by atoms with E-state index in [2.05, 4.69) is 20.9 Å². The monoisotopic (exact) mass is 311 g/mol. The van der Waals surface area contributed by atoms with E-state index >= 15 is 0 Å². The molecule has 0 bridgehead atoms. The predicted octanol–water partition coefficient (Wildman–Crippen LogP) is 3.61. The molecular formula is C14H18BrNO2. The van der Waals surface area contributed by atoms with Crippen molar-refractivity contribution in [2.75, 3.05) is 6.61 Å². The molecule has 0 aliphatic heterocycles. The van der Waals surface area contributed by atoms with Gasteiger partial charge in [0.05, 0.1) is 12.3 Å².